The lowest BCUT2D eigenvalue weighted by Gasteiger charge is -2.20. The van der Waals surface area contributed by atoms with Crippen LogP contribution in [0.15, 0.2) is 34.2 Å². The van der Waals surface area contributed by atoms with Gasteiger partial charge in [0.1, 0.15) is 0 Å². The SMILES string of the molecule is CCNC(=NCCNC(C)(C)C)NCCc1ccc(S(C)(=O)=O)cc1.I. The molecule has 1 aromatic carbocycles. The summed E-state index contributed by atoms with van der Waals surface area (Å²) >= 11 is 0. The van der Waals surface area contributed by atoms with Crippen LogP contribution in [0.5, 0.6) is 0 Å². The minimum Gasteiger partial charge on any atom is -0.357 e. The van der Waals surface area contributed by atoms with E-state index in [2.05, 4.69) is 41.7 Å². The first kappa shape index (κ1) is 25.1. The van der Waals surface area contributed by atoms with Gasteiger partial charge in [-0.05, 0) is 51.8 Å². The van der Waals surface area contributed by atoms with Crippen LogP contribution in [0.2, 0.25) is 0 Å². The van der Waals surface area contributed by atoms with Crippen molar-refractivity contribution in [3.63, 3.8) is 0 Å². The molecule has 8 heteroatoms. The van der Waals surface area contributed by atoms with E-state index >= 15 is 0 Å². The van der Waals surface area contributed by atoms with Gasteiger partial charge in [0.25, 0.3) is 0 Å². The second kappa shape index (κ2) is 11.8. The Morgan fingerprint density at radius 3 is 2.19 bits per heavy atom. The second-order valence-corrected chi connectivity index (χ2v) is 9.05. The molecule has 6 nitrogen and oxygen atoms in total. The Hall–Kier alpha value is -0.870. The van der Waals surface area contributed by atoms with Gasteiger partial charge in [0, 0.05) is 31.4 Å². The predicted octanol–water partition coefficient (Wildman–Crippen LogP) is 2.19. The first-order valence-corrected chi connectivity index (χ1v) is 10.6. The number of sulfone groups is 1. The Balaban J connectivity index is 0.00000625. The summed E-state index contributed by atoms with van der Waals surface area (Å²) in [5, 5.41) is 9.94. The highest BCUT2D eigenvalue weighted by atomic mass is 127. The minimum absolute atomic E-state index is 0. The highest BCUT2D eigenvalue weighted by Crippen LogP contribution is 2.10. The number of guanidine groups is 1. The number of nitrogens with one attached hydrogen (secondary N) is 3. The topological polar surface area (TPSA) is 82.6 Å². The first-order valence-electron chi connectivity index (χ1n) is 8.68. The summed E-state index contributed by atoms with van der Waals surface area (Å²) in [4.78, 5) is 4.90. The van der Waals surface area contributed by atoms with Crippen LogP contribution in [0.3, 0.4) is 0 Å². The van der Waals surface area contributed by atoms with Crippen LogP contribution in [0, 0.1) is 0 Å². The third kappa shape index (κ3) is 11.0. The molecule has 0 heterocycles. The predicted molar refractivity (Wildman–Crippen MR) is 120 cm³/mol. The van der Waals surface area contributed by atoms with E-state index in [4.69, 9.17) is 0 Å². The summed E-state index contributed by atoms with van der Waals surface area (Å²) in [6.07, 6.45) is 2.02. The maximum absolute atomic E-state index is 11.5. The molecular formula is C18H33IN4O2S. The third-order valence-corrected chi connectivity index (χ3v) is 4.57. The average Bonchev–Trinajstić information content (AvgIpc) is 2.50. The van der Waals surface area contributed by atoms with E-state index in [1.807, 2.05) is 19.1 Å². The van der Waals surface area contributed by atoms with Gasteiger partial charge in [-0.15, -0.1) is 24.0 Å². The van der Waals surface area contributed by atoms with E-state index in [1.54, 1.807) is 12.1 Å². The Morgan fingerprint density at radius 2 is 1.69 bits per heavy atom. The van der Waals surface area contributed by atoms with Crippen LogP contribution in [0.1, 0.15) is 33.3 Å². The fourth-order valence-electron chi connectivity index (χ4n) is 2.17. The van der Waals surface area contributed by atoms with Crippen LogP contribution in [-0.2, 0) is 16.3 Å². The number of hydrogen-bond donors (Lipinski definition) is 3. The highest BCUT2D eigenvalue weighted by Gasteiger charge is 2.07. The van der Waals surface area contributed by atoms with Gasteiger partial charge in [-0.2, -0.15) is 0 Å². The smallest absolute Gasteiger partial charge is 0.191 e. The standard InChI is InChI=1S/C18H32N4O2S.HI/c1-6-19-17(21-13-14-22-18(2,3)4)20-12-11-15-7-9-16(10-8-15)25(5,23)24;/h7-10,22H,6,11-14H2,1-5H3,(H2,19,20,21);1H. The van der Waals surface area contributed by atoms with Crippen LogP contribution < -0.4 is 16.0 Å². The van der Waals surface area contributed by atoms with E-state index in [0.29, 0.717) is 11.4 Å². The molecule has 0 amide bonds. The normalized spacial score (nSPS) is 12.4. The lowest BCUT2D eigenvalue weighted by Crippen LogP contribution is -2.40. The van der Waals surface area contributed by atoms with Gasteiger partial charge in [0.15, 0.2) is 15.8 Å². The van der Waals surface area contributed by atoms with Crippen molar-refractivity contribution in [2.45, 2.75) is 44.6 Å². The fraction of sp³-hybridized carbons (Fsp3) is 0.611. The van der Waals surface area contributed by atoms with E-state index in [0.717, 1.165) is 37.6 Å². The van der Waals surface area contributed by atoms with Crippen LogP contribution in [0.4, 0.5) is 0 Å². The van der Waals surface area contributed by atoms with Crippen molar-refractivity contribution < 1.29 is 8.42 Å². The van der Waals surface area contributed by atoms with E-state index in [9.17, 15) is 8.42 Å². The lowest BCUT2D eigenvalue weighted by molar-refractivity contribution is 0.432. The molecule has 0 saturated carbocycles. The number of halogens is 1. The lowest BCUT2D eigenvalue weighted by atomic mass is 10.1. The number of hydrogen-bond acceptors (Lipinski definition) is 4. The van der Waals surface area contributed by atoms with Gasteiger partial charge >= 0.3 is 0 Å². The van der Waals surface area contributed by atoms with Gasteiger partial charge < -0.3 is 16.0 Å². The maximum atomic E-state index is 11.5. The summed E-state index contributed by atoms with van der Waals surface area (Å²) in [6, 6.07) is 7.02. The van der Waals surface area contributed by atoms with Gasteiger partial charge in [-0.3, -0.25) is 4.99 Å². The molecule has 0 aromatic heterocycles. The van der Waals surface area contributed by atoms with Gasteiger partial charge in [-0.25, -0.2) is 8.42 Å². The summed E-state index contributed by atoms with van der Waals surface area (Å²) in [7, 11) is -3.13. The molecule has 3 N–H and O–H groups in total. The Bertz CT molecular complexity index is 653. The molecule has 0 fully saturated rings. The van der Waals surface area contributed by atoms with Crippen molar-refractivity contribution in [1.29, 1.82) is 0 Å². The van der Waals surface area contributed by atoms with Crippen molar-refractivity contribution in [1.82, 2.24) is 16.0 Å². The molecule has 26 heavy (non-hydrogen) atoms. The summed E-state index contributed by atoms with van der Waals surface area (Å²) in [5.74, 6) is 0.797. The molecule has 0 saturated heterocycles. The zero-order valence-electron chi connectivity index (χ0n) is 16.4. The van der Waals surface area contributed by atoms with Gasteiger partial charge in [-0.1, -0.05) is 12.1 Å². The summed E-state index contributed by atoms with van der Waals surface area (Å²) in [5.41, 5.74) is 1.18. The molecule has 0 unspecified atom stereocenters. The molecule has 0 spiro atoms. The molecule has 0 radical (unpaired) electrons. The number of nitrogens with zero attached hydrogens (tertiary/aromatic N) is 1. The Kier molecular flexibility index (Phi) is 11.4. The zero-order valence-corrected chi connectivity index (χ0v) is 19.6. The van der Waals surface area contributed by atoms with Crippen molar-refractivity contribution in [3.8, 4) is 0 Å². The molecule has 150 valence electrons. The average molecular weight is 496 g/mol. The molecule has 0 aliphatic heterocycles. The Morgan fingerprint density at radius 1 is 1.08 bits per heavy atom. The maximum Gasteiger partial charge on any atom is 0.191 e. The second-order valence-electron chi connectivity index (χ2n) is 7.03. The number of benzene rings is 1. The largest absolute Gasteiger partial charge is 0.357 e. The van der Waals surface area contributed by atoms with Crippen molar-refractivity contribution in [2.24, 2.45) is 4.99 Å². The fourth-order valence-corrected chi connectivity index (χ4v) is 2.80. The number of rotatable bonds is 8. The minimum atomic E-state index is -3.13. The van der Waals surface area contributed by atoms with E-state index in [-0.39, 0.29) is 29.5 Å². The van der Waals surface area contributed by atoms with Crippen molar-refractivity contribution in [2.75, 3.05) is 32.4 Å². The van der Waals surface area contributed by atoms with Gasteiger partial charge in [0.2, 0.25) is 0 Å². The summed E-state index contributed by atoms with van der Waals surface area (Å²) < 4.78 is 22.9. The molecule has 1 aromatic rings. The monoisotopic (exact) mass is 496 g/mol. The quantitative estimate of drug-likeness (QED) is 0.223. The molecular weight excluding hydrogens is 463 g/mol. The third-order valence-electron chi connectivity index (χ3n) is 3.44. The van der Waals surface area contributed by atoms with Crippen LogP contribution in [-0.4, -0.2) is 52.4 Å². The zero-order chi connectivity index (χ0) is 18.9. The molecule has 1 rings (SSSR count). The first-order chi connectivity index (χ1) is 11.6. The van der Waals surface area contributed by atoms with Crippen LogP contribution >= 0.6 is 24.0 Å². The van der Waals surface area contributed by atoms with Gasteiger partial charge in [0.05, 0.1) is 11.4 Å². The molecule has 0 aliphatic carbocycles. The summed E-state index contributed by atoms with van der Waals surface area (Å²) in [6.45, 7) is 11.5. The van der Waals surface area contributed by atoms with Crippen LogP contribution in [0.25, 0.3) is 0 Å². The number of aliphatic imine (C=N–C) groups is 1. The van der Waals surface area contributed by atoms with Crippen molar-refractivity contribution >= 4 is 39.8 Å². The molecule has 0 aliphatic rings. The molecule has 0 atom stereocenters. The molecule has 0 bridgehead atoms. The highest BCUT2D eigenvalue weighted by molar-refractivity contribution is 14.0. The van der Waals surface area contributed by atoms with E-state index < -0.39 is 9.84 Å². The van der Waals surface area contributed by atoms with E-state index in [1.165, 1.54) is 6.26 Å². The van der Waals surface area contributed by atoms with Crippen molar-refractivity contribution in [3.05, 3.63) is 29.8 Å². The Labute approximate surface area is 175 Å².